The molecule has 3 rings (SSSR count). The molecule has 1 N–H and O–H groups in total. The van der Waals surface area contributed by atoms with Crippen LogP contribution in [0.15, 0.2) is 65.6 Å². The molecule has 0 saturated heterocycles. The fourth-order valence-corrected chi connectivity index (χ4v) is 3.21. The molecule has 0 unspecified atom stereocenters. The van der Waals surface area contributed by atoms with Crippen LogP contribution in [-0.2, 0) is 6.61 Å². The average Bonchev–Trinajstić information content (AvgIpc) is 2.78. The number of para-hydroxylation sites is 1. The molecular formula is C25H30N2O3. The first-order valence-electron chi connectivity index (χ1n) is 10.8. The van der Waals surface area contributed by atoms with E-state index in [1.165, 1.54) is 38.3 Å². The monoisotopic (exact) mass is 406 g/mol. The van der Waals surface area contributed by atoms with Gasteiger partial charge in [-0.25, -0.2) is 4.98 Å². The van der Waals surface area contributed by atoms with E-state index in [1.807, 2.05) is 54.6 Å². The standard InChI is InChI=1S/C25H30N2O3/c1-2-3-4-5-6-12-17-29-22-16-11-10-15-21(22)24-26-18-23(25(28)27-24)30-19-20-13-8-7-9-14-20/h7-11,13-16,18H,2-6,12,17,19H2,1H3,(H,26,27,28). The van der Waals surface area contributed by atoms with Gasteiger partial charge in [0, 0.05) is 0 Å². The molecule has 0 amide bonds. The number of nitrogens with one attached hydrogen (secondary N) is 1. The minimum Gasteiger partial charge on any atom is -0.493 e. The zero-order valence-corrected chi connectivity index (χ0v) is 17.6. The Hall–Kier alpha value is -3.08. The number of rotatable bonds is 12. The molecule has 0 aliphatic carbocycles. The van der Waals surface area contributed by atoms with E-state index in [4.69, 9.17) is 9.47 Å². The van der Waals surface area contributed by atoms with E-state index >= 15 is 0 Å². The first-order chi connectivity index (χ1) is 14.8. The van der Waals surface area contributed by atoms with Crippen LogP contribution >= 0.6 is 0 Å². The Morgan fingerprint density at radius 1 is 0.833 bits per heavy atom. The number of unbranched alkanes of at least 4 members (excludes halogenated alkanes) is 5. The summed E-state index contributed by atoms with van der Waals surface area (Å²) < 4.78 is 11.6. The molecule has 30 heavy (non-hydrogen) atoms. The van der Waals surface area contributed by atoms with Crippen LogP contribution in [0.4, 0.5) is 0 Å². The molecule has 0 fully saturated rings. The van der Waals surface area contributed by atoms with Crippen molar-refractivity contribution in [2.45, 2.75) is 52.1 Å². The zero-order valence-electron chi connectivity index (χ0n) is 17.6. The Balaban J connectivity index is 1.60. The maximum atomic E-state index is 12.5. The van der Waals surface area contributed by atoms with E-state index in [2.05, 4.69) is 16.9 Å². The molecule has 0 radical (unpaired) electrons. The number of aromatic nitrogens is 2. The van der Waals surface area contributed by atoms with E-state index in [0.717, 1.165) is 23.3 Å². The van der Waals surface area contributed by atoms with Gasteiger partial charge in [-0.05, 0) is 24.1 Å². The summed E-state index contributed by atoms with van der Waals surface area (Å²) in [5.74, 6) is 1.41. The Kier molecular flexibility index (Phi) is 8.51. The second-order valence-corrected chi connectivity index (χ2v) is 7.31. The van der Waals surface area contributed by atoms with E-state index in [1.54, 1.807) is 0 Å². The van der Waals surface area contributed by atoms with Crippen LogP contribution in [-0.4, -0.2) is 16.6 Å². The predicted molar refractivity (Wildman–Crippen MR) is 120 cm³/mol. The zero-order chi connectivity index (χ0) is 21.0. The maximum Gasteiger partial charge on any atom is 0.293 e. The molecule has 3 aromatic rings. The first kappa shape index (κ1) is 21.6. The molecule has 0 aliphatic rings. The highest BCUT2D eigenvalue weighted by atomic mass is 16.5. The van der Waals surface area contributed by atoms with E-state index in [9.17, 15) is 4.79 Å². The molecule has 5 heteroatoms. The molecular weight excluding hydrogens is 376 g/mol. The Bertz CT molecular complexity index is 954. The van der Waals surface area contributed by atoms with Crippen molar-refractivity contribution in [3.63, 3.8) is 0 Å². The number of ether oxygens (including phenoxy) is 2. The van der Waals surface area contributed by atoms with Crippen molar-refractivity contribution >= 4 is 0 Å². The molecule has 5 nitrogen and oxygen atoms in total. The predicted octanol–water partition coefficient (Wildman–Crippen LogP) is 5.76. The van der Waals surface area contributed by atoms with Gasteiger partial charge in [0.2, 0.25) is 5.75 Å². The van der Waals surface area contributed by atoms with Crippen molar-refractivity contribution in [3.05, 3.63) is 76.7 Å². The van der Waals surface area contributed by atoms with Gasteiger partial charge in [-0.15, -0.1) is 0 Å². The summed E-state index contributed by atoms with van der Waals surface area (Å²) in [6, 6.07) is 17.4. The highest BCUT2D eigenvalue weighted by Crippen LogP contribution is 2.27. The van der Waals surface area contributed by atoms with Crippen molar-refractivity contribution in [2.24, 2.45) is 0 Å². The summed E-state index contributed by atoms with van der Waals surface area (Å²) in [6.07, 6.45) is 8.76. The minimum atomic E-state index is -0.304. The molecule has 0 aliphatic heterocycles. The van der Waals surface area contributed by atoms with Crippen molar-refractivity contribution < 1.29 is 9.47 Å². The van der Waals surface area contributed by atoms with Crippen LogP contribution in [0.2, 0.25) is 0 Å². The lowest BCUT2D eigenvalue weighted by atomic mass is 10.1. The van der Waals surface area contributed by atoms with Gasteiger partial charge in [0.05, 0.1) is 18.4 Å². The lowest BCUT2D eigenvalue weighted by Gasteiger charge is -2.11. The summed E-state index contributed by atoms with van der Waals surface area (Å²) in [6.45, 7) is 3.20. The van der Waals surface area contributed by atoms with Gasteiger partial charge in [0.1, 0.15) is 18.2 Å². The number of hydrogen-bond acceptors (Lipinski definition) is 4. The lowest BCUT2D eigenvalue weighted by Crippen LogP contribution is -2.13. The molecule has 2 aromatic carbocycles. The van der Waals surface area contributed by atoms with Gasteiger partial charge < -0.3 is 14.5 Å². The van der Waals surface area contributed by atoms with Crippen molar-refractivity contribution in [2.75, 3.05) is 6.61 Å². The molecule has 1 aromatic heterocycles. The Morgan fingerprint density at radius 3 is 2.37 bits per heavy atom. The van der Waals surface area contributed by atoms with Crippen molar-refractivity contribution in [1.29, 1.82) is 0 Å². The second kappa shape index (κ2) is 11.8. The third-order valence-corrected chi connectivity index (χ3v) is 4.90. The molecule has 0 spiro atoms. The van der Waals surface area contributed by atoms with E-state index in [-0.39, 0.29) is 11.3 Å². The topological polar surface area (TPSA) is 64.2 Å². The Labute approximate surface area is 178 Å². The third-order valence-electron chi connectivity index (χ3n) is 4.90. The SMILES string of the molecule is CCCCCCCCOc1ccccc1-c1ncc(OCc2ccccc2)c(=O)[nH]1. The lowest BCUT2D eigenvalue weighted by molar-refractivity contribution is 0.300. The third kappa shape index (κ3) is 6.48. The molecule has 158 valence electrons. The number of hydrogen-bond donors (Lipinski definition) is 1. The number of nitrogens with zero attached hydrogens (tertiary/aromatic N) is 1. The van der Waals surface area contributed by atoms with E-state index in [0.29, 0.717) is 19.0 Å². The fraction of sp³-hybridized carbons (Fsp3) is 0.360. The van der Waals surface area contributed by atoms with Crippen LogP contribution in [0.5, 0.6) is 11.5 Å². The fourth-order valence-electron chi connectivity index (χ4n) is 3.21. The van der Waals surface area contributed by atoms with Crippen LogP contribution in [0.1, 0.15) is 51.0 Å². The van der Waals surface area contributed by atoms with E-state index < -0.39 is 0 Å². The molecule has 0 bridgehead atoms. The second-order valence-electron chi connectivity index (χ2n) is 7.31. The van der Waals surface area contributed by atoms with Gasteiger partial charge in [-0.2, -0.15) is 0 Å². The van der Waals surface area contributed by atoms with Gasteiger partial charge in [-0.3, -0.25) is 4.79 Å². The highest BCUT2D eigenvalue weighted by Gasteiger charge is 2.11. The quantitative estimate of drug-likeness (QED) is 0.389. The number of benzene rings is 2. The van der Waals surface area contributed by atoms with Crippen molar-refractivity contribution in [1.82, 2.24) is 9.97 Å². The average molecular weight is 407 g/mol. The van der Waals surface area contributed by atoms with Crippen LogP contribution in [0, 0.1) is 0 Å². The van der Waals surface area contributed by atoms with Gasteiger partial charge in [0.25, 0.3) is 5.56 Å². The van der Waals surface area contributed by atoms with Gasteiger partial charge in [-0.1, -0.05) is 81.5 Å². The summed E-state index contributed by atoms with van der Waals surface area (Å²) in [7, 11) is 0. The molecule has 0 atom stereocenters. The van der Waals surface area contributed by atoms with Gasteiger partial charge in [0.15, 0.2) is 0 Å². The first-order valence-corrected chi connectivity index (χ1v) is 10.8. The summed E-state index contributed by atoms with van der Waals surface area (Å²) >= 11 is 0. The maximum absolute atomic E-state index is 12.5. The molecule has 0 saturated carbocycles. The van der Waals surface area contributed by atoms with Crippen molar-refractivity contribution in [3.8, 4) is 22.9 Å². The summed E-state index contributed by atoms with van der Waals surface area (Å²) in [4.78, 5) is 19.7. The van der Waals surface area contributed by atoms with Gasteiger partial charge >= 0.3 is 0 Å². The summed E-state index contributed by atoms with van der Waals surface area (Å²) in [5.41, 5.74) is 1.46. The Morgan fingerprint density at radius 2 is 1.57 bits per heavy atom. The minimum absolute atomic E-state index is 0.202. The summed E-state index contributed by atoms with van der Waals surface area (Å²) in [5, 5.41) is 0. The highest BCUT2D eigenvalue weighted by molar-refractivity contribution is 5.63. The number of H-pyrrole nitrogens is 1. The van der Waals surface area contributed by atoms with Crippen LogP contribution in [0.25, 0.3) is 11.4 Å². The van der Waals surface area contributed by atoms with Crippen LogP contribution < -0.4 is 15.0 Å². The number of aromatic amines is 1. The largest absolute Gasteiger partial charge is 0.493 e. The van der Waals surface area contributed by atoms with Crippen LogP contribution in [0.3, 0.4) is 0 Å². The smallest absolute Gasteiger partial charge is 0.293 e. The molecule has 1 heterocycles. The normalized spacial score (nSPS) is 10.7.